The lowest BCUT2D eigenvalue weighted by molar-refractivity contribution is 0.212. The van der Waals surface area contributed by atoms with Gasteiger partial charge in [0.15, 0.2) is 0 Å². The van der Waals surface area contributed by atoms with Crippen LogP contribution in [0.5, 0.6) is 0 Å². The third-order valence-corrected chi connectivity index (χ3v) is 5.03. The van der Waals surface area contributed by atoms with Crippen molar-refractivity contribution in [2.45, 2.75) is 51.5 Å². The number of nitrogens with one attached hydrogen (secondary N) is 1. The third kappa shape index (κ3) is 4.28. The van der Waals surface area contributed by atoms with Crippen molar-refractivity contribution >= 4 is 15.9 Å². The van der Waals surface area contributed by atoms with Crippen LogP contribution in [0.4, 0.5) is 0 Å². The third-order valence-electron chi connectivity index (χ3n) is 4.56. The molecule has 3 unspecified atom stereocenters. The molecule has 1 aliphatic rings. The molecule has 1 heterocycles. The SMILES string of the molecule is CCC1CCCC(C(Cc2ccc(Br)cn2)NC)C1. The van der Waals surface area contributed by atoms with E-state index in [-0.39, 0.29) is 0 Å². The minimum Gasteiger partial charge on any atom is -0.316 e. The second-order valence-electron chi connectivity index (χ2n) is 5.77. The van der Waals surface area contributed by atoms with Crippen LogP contribution in [-0.2, 0) is 6.42 Å². The molecule has 1 aliphatic carbocycles. The monoisotopic (exact) mass is 324 g/mol. The molecule has 0 aliphatic heterocycles. The average molecular weight is 325 g/mol. The molecule has 2 rings (SSSR count). The predicted octanol–water partition coefficient (Wildman–Crippen LogP) is 4.19. The van der Waals surface area contributed by atoms with Gasteiger partial charge in [0.25, 0.3) is 0 Å². The Balaban J connectivity index is 1.97. The van der Waals surface area contributed by atoms with Gasteiger partial charge in [0.1, 0.15) is 0 Å². The second kappa shape index (κ2) is 7.39. The van der Waals surface area contributed by atoms with Crippen molar-refractivity contribution in [1.82, 2.24) is 10.3 Å². The van der Waals surface area contributed by atoms with E-state index in [1.54, 1.807) is 0 Å². The number of likely N-dealkylation sites (N-methyl/N-ethyl adjacent to an activating group) is 1. The molecular formula is C16H25BrN2. The lowest BCUT2D eigenvalue weighted by Gasteiger charge is -2.34. The van der Waals surface area contributed by atoms with E-state index in [0.717, 1.165) is 22.7 Å². The fourth-order valence-corrected chi connectivity index (χ4v) is 3.56. The average Bonchev–Trinajstić information content (AvgIpc) is 2.46. The quantitative estimate of drug-likeness (QED) is 0.878. The lowest BCUT2D eigenvalue weighted by atomic mass is 9.76. The lowest BCUT2D eigenvalue weighted by Crippen LogP contribution is -2.38. The first-order valence-electron chi connectivity index (χ1n) is 7.50. The van der Waals surface area contributed by atoms with E-state index in [9.17, 15) is 0 Å². The summed E-state index contributed by atoms with van der Waals surface area (Å²) >= 11 is 3.44. The second-order valence-corrected chi connectivity index (χ2v) is 6.68. The zero-order valence-corrected chi connectivity index (χ0v) is 13.6. The van der Waals surface area contributed by atoms with Crippen LogP contribution in [0.25, 0.3) is 0 Å². The smallest absolute Gasteiger partial charge is 0.0420 e. The number of aromatic nitrogens is 1. The minimum absolute atomic E-state index is 0.572. The van der Waals surface area contributed by atoms with Crippen LogP contribution < -0.4 is 5.32 Å². The minimum atomic E-state index is 0.572. The van der Waals surface area contributed by atoms with Crippen molar-refractivity contribution in [1.29, 1.82) is 0 Å². The van der Waals surface area contributed by atoms with Gasteiger partial charge in [-0.3, -0.25) is 4.98 Å². The maximum Gasteiger partial charge on any atom is 0.0420 e. The fourth-order valence-electron chi connectivity index (χ4n) is 3.33. The van der Waals surface area contributed by atoms with Crippen molar-refractivity contribution in [3.8, 4) is 0 Å². The van der Waals surface area contributed by atoms with Gasteiger partial charge < -0.3 is 5.32 Å². The summed E-state index contributed by atoms with van der Waals surface area (Å²) in [5, 5.41) is 3.53. The molecule has 1 aromatic rings. The first kappa shape index (κ1) is 15.0. The van der Waals surface area contributed by atoms with Crippen LogP contribution in [0.3, 0.4) is 0 Å². The first-order chi connectivity index (χ1) is 9.22. The number of pyridine rings is 1. The van der Waals surface area contributed by atoms with Gasteiger partial charge in [-0.05, 0) is 59.8 Å². The zero-order chi connectivity index (χ0) is 13.7. The van der Waals surface area contributed by atoms with E-state index >= 15 is 0 Å². The Morgan fingerprint density at radius 1 is 1.42 bits per heavy atom. The highest BCUT2D eigenvalue weighted by Crippen LogP contribution is 2.33. The van der Waals surface area contributed by atoms with Gasteiger partial charge in [-0.25, -0.2) is 0 Å². The molecule has 0 saturated heterocycles. The highest BCUT2D eigenvalue weighted by atomic mass is 79.9. The van der Waals surface area contributed by atoms with Crippen LogP contribution in [0, 0.1) is 11.8 Å². The topological polar surface area (TPSA) is 24.9 Å². The van der Waals surface area contributed by atoms with Gasteiger partial charge in [0.2, 0.25) is 0 Å². The molecule has 0 radical (unpaired) electrons. The van der Waals surface area contributed by atoms with Gasteiger partial charge in [-0.1, -0.05) is 26.2 Å². The summed E-state index contributed by atoms with van der Waals surface area (Å²) in [5.41, 5.74) is 1.20. The number of halogens is 1. The van der Waals surface area contributed by atoms with Crippen LogP contribution in [-0.4, -0.2) is 18.1 Å². The molecule has 3 atom stereocenters. The summed E-state index contributed by atoms with van der Waals surface area (Å²) in [6.45, 7) is 2.33. The van der Waals surface area contributed by atoms with Gasteiger partial charge in [-0.2, -0.15) is 0 Å². The molecule has 2 nitrogen and oxygen atoms in total. The molecule has 0 amide bonds. The Hall–Kier alpha value is -0.410. The molecular weight excluding hydrogens is 300 g/mol. The van der Waals surface area contributed by atoms with E-state index < -0.39 is 0 Å². The maximum absolute atomic E-state index is 4.51. The fraction of sp³-hybridized carbons (Fsp3) is 0.688. The molecule has 106 valence electrons. The van der Waals surface area contributed by atoms with Crippen molar-refractivity contribution < 1.29 is 0 Å². The molecule has 1 aromatic heterocycles. The van der Waals surface area contributed by atoms with Gasteiger partial charge in [0.05, 0.1) is 0 Å². The van der Waals surface area contributed by atoms with Crippen molar-refractivity contribution in [2.75, 3.05) is 7.05 Å². The van der Waals surface area contributed by atoms with Crippen LogP contribution in [0.1, 0.15) is 44.7 Å². The summed E-state index contributed by atoms with van der Waals surface area (Å²) < 4.78 is 1.06. The summed E-state index contributed by atoms with van der Waals surface area (Å²) in [6, 6.07) is 4.79. The standard InChI is InChI=1S/C16H25BrN2/c1-3-12-5-4-6-13(9-12)16(18-2)10-15-8-7-14(17)11-19-15/h7-8,11-13,16,18H,3-6,9-10H2,1-2H3. The van der Waals surface area contributed by atoms with Crippen molar-refractivity contribution in [3.63, 3.8) is 0 Å². The van der Waals surface area contributed by atoms with E-state index in [1.807, 2.05) is 6.20 Å². The molecule has 3 heteroatoms. The molecule has 0 aromatic carbocycles. The Kier molecular flexibility index (Phi) is 5.83. The summed E-state index contributed by atoms with van der Waals surface area (Å²) in [7, 11) is 2.10. The maximum atomic E-state index is 4.51. The van der Waals surface area contributed by atoms with Gasteiger partial charge in [0, 0.05) is 28.8 Å². The molecule has 1 N–H and O–H groups in total. The van der Waals surface area contributed by atoms with Crippen LogP contribution in [0.15, 0.2) is 22.8 Å². The summed E-state index contributed by atoms with van der Waals surface area (Å²) in [4.78, 5) is 4.51. The highest BCUT2D eigenvalue weighted by molar-refractivity contribution is 9.10. The molecule has 19 heavy (non-hydrogen) atoms. The van der Waals surface area contributed by atoms with Crippen molar-refractivity contribution in [2.24, 2.45) is 11.8 Å². The number of rotatable bonds is 5. The largest absolute Gasteiger partial charge is 0.316 e. The van der Waals surface area contributed by atoms with Gasteiger partial charge in [-0.15, -0.1) is 0 Å². The molecule has 1 fully saturated rings. The molecule has 0 bridgehead atoms. The zero-order valence-electron chi connectivity index (χ0n) is 12.0. The summed E-state index contributed by atoms with van der Waals surface area (Å²) in [5.74, 6) is 1.75. The van der Waals surface area contributed by atoms with E-state index in [2.05, 4.69) is 52.3 Å². The van der Waals surface area contributed by atoms with E-state index in [4.69, 9.17) is 0 Å². The Morgan fingerprint density at radius 3 is 2.89 bits per heavy atom. The van der Waals surface area contributed by atoms with Gasteiger partial charge >= 0.3 is 0 Å². The highest BCUT2D eigenvalue weighted by Gasteiger charge is 2.27. The Labute approximate surface area is 125 Å². The Morgan fingerprint density at radius 2 is 2.26 bits per heavy atom. The first-order valence-corrected chi connectivity index (χ1v) is 8.30. The summed E-state index contributed by atoms with van der Waals surface area (Å²) in [6.07, 6.45) is 9.87. The van der Waals surface area contributed by atoms with Crippen LogP contribution in [0.2, 0.25) is 0 Å². The number of nitrogens with zero attached hydrogens (tertiary/aromatic N) is 1. The normalized spacial score (nSPS) is 25.2. The Bertz CT molecular complexity index is 377. The van der Waals surface area contributed by atoms with E-state index in [1.165, 1.54) is 37.8 Å². The molecule has 1 saturated carbocycles. The molecule has 0 spiro atoms. The van der Waals surface area contributed by atoms with Crippen LogP contribution >= 0.6 is 15.9 Å². The van der Waals surface area contributed by atoms with E-state index in [0.29, 0.717) is 6.04 Å². The number of hydrogen-bond acceptors (Lipinski definition) is 2. The predicted molar refractivity (Wildman–Crippen MR) is 84.2 cm³/mol. The van der Waals surface area contributed by atoms with Crippen molar-refractivity contribution in [3.05, 3.63) is 28.5 Å². The number of hydrogen-bond donors (Lipinski definition) is 1.